The highest BCUT2D eigenvalue weighted by molar-refractivity contribution is 7.99. The van der Waals surface area contributed by atoms with Gasteiger partial charge in [0, 0.05) is 11.2 Å². The Bertz CT molecular complexity index is 152. The summed E-state index contributed by atoms with van der Waals surface area (Å²) >= 11 is 1.68. The molecule has 1 aliphatic heterocycles. The molecule has 0 unspecified atom stereocenters. The Morgan fingerprint density at radius 3 is 2.73 bits per heavy atom. The zero-order valence-electron chi connectivity index (χ0n) is 6.38. The largest absolute Gasteiger partial charge is 0.396 e. The van der Waals surface area contributed by atoms with E-state index in [0.29, 0.717) is 13.2 Å². The number of thioether (sulfide) groups is 1. The molecule has 3 heteroatoms. The van der Waals surface area contributed by atoms with Crippen LogP contribution in [-0.2, 0) is 4.74 Å². The fraction of sp³-hybridized carbons (Fsp3) is 0.750. The summed E-state index contributed by atoms with van der Waals surface area (Å²) in [6.45, 7) is 1.58. The summed E-state index contributed by atoms with van der Waals surface area (Å²) in [4.78, 5) is 0. The fourth-order valence-corrected chi connectivity index (χ4v) is 1.85. The molecule has 0 aliphatic carbocycles. The number of rotatable bonds is 4. The van der Waals surface area contributed by atoms with Crippen molar-refractivity contribution < 1.29 is 9.84 Å². The molecule has 11 heavy (non-hydrogen) atoms. The third kappa shape index (κ3) is 2.13. The van der Waals surface area contributed by atoms with Gasteiger partial charge >= 0.3 is 0 Å². The van der Waals surface area contributed by atoms with E-state index in [1.807, 2.05) is 0 Å². The van der Waals surface area contributed by atoms with Crippen molar-refractivity contribution in [2.75, 3.05) is 31.3 Å². The topological polar surface area (TPSA) is 29.5 Å². The molecule has 0 amide bonds. The number of aliphatic hydroxyl groups is 1. The highest BCUT2D eigenvalue weighted by atomic mass is 32.2. The van der Waals surface area contributed by atoms with Crippen molar-refractivity contribution in [3.8, 4) is 12.3 Å². The van der Waals surface area contributed by atoms with Crippen LogP contribution in [0.3, 0.4) is 0 Å². The molecule has 0 aromatic heterocycles. The van der Waals surface area contributed by atoms with E-state index in [2.05, 4.69) is 5.92 Å². The van der Waals surface area contributed by atoms with Crippen molar-refractivity contribution in [2.24, 2.45) is 5.41 Å². The summed E-state index contributed by atoms with van der Waals surface area (Å²) in [7, 11) is 0. The highest BCUT2D eigenvalue weighted by Gasteiger charge is 2.37. The first-order valence-electron chi connectivity index (χ1n) is 3.53. The Kier molecular flexibility index (Phi) is 3.25. The fourth-order valence-electron chi connectivity index (χ4n) is 0.937. The average molecular weight is 172 g/mol. The van der Waals surface area contributed by atoms with E-state index in [1.165, 1.54) is 0 Å². The molecule has 1 fully saturated rings. The van der Waals surface area contributed by atoms with Crippen LogP contribution in [-0.4, -0.2) is 36.4 Å². The van der Waals surface area contributed by atoms with Gasteiger partial charge in [-0.05, 0) is 0 Å². The standard InChI is InChI=1S/C8H12O2S/c1-2-3-11-7-8(4-9)5-10-6-8/h1,9H,3-7H2. The lowest BCUT2D eigenvalue weighted by atomic mass is 9.90. The van der Waals surface area contributed by atoms with Crippen molar-refractivity contribution in [3.05, 3.63) is 0 Å². The van der Waals surface area contributed by atoms with Gasteiger partial charge in [-0.3, -0.25) is 0 Å². The van der Waals surface area contributed by atoms with Crippen LogP contribution in [0.1, 0.15) is 0 Å². The maximum Gasteiger partial charge on any atom is 0.0575 e. The number of aliphatic hydroxyl groups excluding tert-OH is 1. The van der Waals surface area contributed by atoms with Crippen LogP contribution in [0, 0.1) is 17.8 Å². The minimum Gasteiger partial charge on any atom is -0.396 e. The van der Waals surface area contributed by atoms with Gasteiger partial charge < -0.3 is 9.84 Å². The maximum atomic E-state index is 8.99. The molecule has 1 aliphatic rings. The normalized spacial score (nSPS) is 20.4. The molecule has 1 saturated heterocycles. The smallest absolute Gasteiger partial charge is 0.0575 e. The van der Waals surface area contributed by atoms with Crippen LogP contribution >= 0.6 is 11.8 Å². The molecule has 0 aromatic carbocycles. The first-order valence-corrected chi connectivity index (χ1v) is 4.68. The molecule has 0 saturated carbocycles. The molecule has 0 atom stereocenters. The summed E-state index contributed by atoms with van der Waals surface area (Å²) in [6, 6.07) is 0. The lowest BCUT2D eigenvalue weighted by molar-refractivity contribution is -0.121. The third-order valence-electron chi connectivity index (χ3n) is 1.75. The number of hydrogen-bond donors (Lipinski definition) is 1. The number of hydrogen-bond acceptors (Lipinski definition) is 3. The first kappa shape index (κ1) is 8.92. The lowest BCUT2D eigenvalue weighted by Crippen LogP contribution is -2.47. The highest BCUT2D eigenvalue weighted by Crippen LogP contribution is 2.30. The molecule has 2 nitrogen and oxygen atoms in total. The third-order valence-corrected chi connectivity index (χ3v) is 2.93. The molecule has 1 rings (SSSR count). The van der Waals surface area contributed by atoms with Crippen LogP contribution in [0.2, 0.25) is 0 Å². The molecule has 0 aromatic rings. The van der Waals surface area contributed by atoms with Gasteiger partial charge in [-0.25, -0.2) is 0 Å². The van der Waals surface area contributed by atoms with Gasteiger partial charge in [0.1, 0.15) is 0 Å². The van der Waals surface area contributed by atoms with E-state index < -0.39 is 0 Å². The minimum atomic E-state index is 0.0154. The SMILES string of the molecule is C#CCSCC1(CO)COC1. The second-order valence-electron chi connectivity index (χ2n) is 2.85. The van der Waals surface area contributed by atoms with E-state index in [9.17, 15) is 0 Å². The predicted octanol–water partition coefficient (Wildman–Crippen LogP) is 0.362. The van der Waals surface area contributed by atoms with Crippen LogP contribution in [0.15, 0.2) is 0 Å². The van der Waals surface area contributed by atoms with Crippen LogP contribution in [0.5, 0.6) is 0 Å². The van der Waals surface area contributed by atoms with E-state index in [0.717, 1.165) is 11.5 Å². The van der Waals surface area contributed by atoms with Crippen LogP contribution < -0.4 is 0 Å². The van der Waals surface area contributed by atoms with E-state index >= 15 is 0 Å². The average Bonchev–Trinajstić information content (AvgIpc) is 1.95. The lowest BCUT2D eigenvalue weighted by Gasteiger charge is -2.39. The molecular formula is C8H12O2S. The van der Waals surface area contributed by atoms with Crippen LogP contribution in [0.4, 0.5) is 0 Å². The van der Waals surface area contributed by atoms with Gasteiger partial charge in [-0.15, -0.1) is 18.2 Å². The van der Waals surface area contributed by atoms with E-state index in [1.54, 1.807) is 11.8 Å². The predicted molar refractivity (Wildman–Crippen MR) is 46.5 cm³/mol. The Morgan fingerprint density at radius 1 is 1.64 bits per heavy atom. The molecule has 0 spiro atoms. The molecule has 0 radical (unpaired) electrons. The van der Waals surface area contributed by atoms with Gasteiger partial charge in [-0.2, -0.15) is 0 Å². The van der Waals surface area contributed by atoms with Crippen molar-refractivity contribution in [1.29, 1.82) is 0 Å². The monoisotopic (exact) mass is 172 g/mol. The van der Waals surface area contributed by atoms with Gasteiger partial charge in [0.15, 0.2) is 0 Å². The first-order chi connectivity index (χ1) is 5.33. The van der Waals surface area contributed by atoms with Crippen molar-refractivity contribution in [1.82, 2.24) is 0 Å². The van der Waals surface area contributed by atoms with Gasteiger partial charge in [0.2, 0.25) is 0 Å². The zero-order chi connectivity index (χ0) is 8.16. The minimum absolute atomic E-state index is 0.0154. The molecule has 1 heterocycles. The zero-order valence-corrected chi connectivity index (χ0v) is 7.19. The van der Waals surface area contributed by atoms with Crippen molar-refractivity contribution >= 4 is 11.8 Å². The Balaban J connectivity index is 2.17. The summed E-state index contributed by atoms with van der Waals surface area (Å²) < 4.78 is 5.03. The maximum absolute atomic E-state index is 8.99. The summed E-state index contributed by atoms with van der Waals surface area (Å²) in [6.07, 6.45) is 5.09. The van der Waals surface area contributed by atoms with E-state index in [-0.39, 0.29) is 12.0 Å². The molecular weight excluding hydrogens is 160 g/mol. The Morgan fingerprint density at radius 2 is 2.36 bits per heavy atom. The van der Waals surface area contributed by atoms with Gasteiger partial charge in [-0.1, -0.05) is 5.92 Å². The second kappa shape index (κ2) is 4.01. The second-order valence-corrected chi connectivity index (χ2v) is 3.83. The molecule has 0 bridgehead atoms. The number of terminal acetylenes is 1. The Labute approximate surface area is 71.3 Å². The molecule has 62 valence electrons. The quantitative estimate of drug-likeness (QED) is 0.490. The van der Waals surface area contributed by atoms with Crippen molar-refractivity contribution in [3.63, 3.8) is 0 Å². The summed E-state index contributed by atoms with van der Waals surface area (Å²) in [5, 5.41) is 8.99. The van der Waals surface area contributed by atoms with Gasteiger partial charge in [0.05, 0.1) is 25.6 Å². The summed E-state index contributed by atoms with van der Waals surface area (Å²) in [5.74, 6) is 4.19. The Hall–Kier alpha value is -0.170. The summed E-state index contributed by atoms with van der Waals surface area (Å²) in [5.41, 5.74) is 0.0154. The molecule has 1 N–H and O–H groups in total. The van der Waals surface area contributed by atoms with Gasteiger partial charge in [0.25, 0.3) is 0 Å². The van der Waals surface area contributed by atoms with Crippen LogP contribution in [0.25, 0.3) is 0 Å². The van der Waals surface area contributed by atoms with Crippen molar-refractivity contribution in [2.45, 2.75) is 0 Å². The van der Waals surface area contributed by atoms with E-state index in [4.69, 9.17) is 16.3 Å². The number of ether oxygens (including phenoxy) is 1.